The highest BCUT2D eigenvalue weighted by Crippen LogP contribution is 2.41. The first-order valence-corrected chi connectivity index (χ1v) is 5.14. The minimum Gasteiger partial charge on any atom is -0.0771 e. The molecule has 0 aromatic heterocycles. The van der Waals surface area contributed by atoms with E-state index in [-0.39, 0.29) is 0 Å². The summed E-state index contributed by atoms with van der Waals surface area (Å²) in [5, 5.41) is 0. The molecule has 0 heterocycles. The third-order valence-corrected chi connectivity index (χ3v) is 3.57. The molecular weight excluding hydrogens is 144 g/mol. The Hall–Kier alpha value is -0.520. The molecule has 0 unspecified atom stereocenters. The van der Waals surface area contributed by atoms with E-state index in [9.17, 15) is 0 Å². The fraction of sp³-hybridized carbons (Fsp3) is 0.667. The number of hydrogen-bond donors (Lipinski definition) is 0. The van der Waals surface area contributed by atoms with E-state index in [1.807, 2.05) is 0 Å². The van der Waals surface area contributed by atoms with E-state index in [1.54, 1.807) is 0 Å². The Morgan fingerprint density at radius 3 is 1.67 bits per heavy atom. The van der Waals surface area contributed by atoms with E-state index in [2.05, 4.69) is 45.1 Å². The summed E-state index contributed by atoms with van der Waals surface area (Å²) < 4.78 is 0. The van der Waals surface area contributed by atoms with Crippen molar-refractivity contribution in [1.82, 2.24) is 0 Å². The first-order valence-electron chi connectivity index (χ1n) is 5.14. The maximum Gasteiger partial charge on any atom is 0.000896 e. The highest BCUT2D eigenvalue weighted by Gasteiger charge is 2.31. The zero-order valence-corrected chi connectivity index (χ0v) is 8.51. The van der Waals surface area contributed by atoms with Crippen molar-refractivity contribution in [2.75, 3.05) is 0 Å². The molecule has 0 atom stereocenters. The normalized spacial score (nSPS) is 17.6. The molecule has 0 heteroatoms. The fourth-order valence-electron chi connectivity index (χ4n) is 2.30. The molecular formula is C12H20. The van der Waals surface area contributed by atoms with Crippen LogP contribution in [-0.4, -0.2) is 0 Å². The Balaban J connectivity index is 2.76. The van der Waals surface area contributed by atoms with Crippen LogP contribution >= 0.6 is 0 Å². The van der Waals surface area contributed by atoms with Gasteiger partial charge in [0.1, 0.15) is 0 Å². The highest BCUT2D eigenvalue weighted by molar-refractivity contribution is 5.20. The second-order valence-corrected chi connectivity index (χ2v) is 3.72. The van der Waals surface area contributed by atoms with Gasteiger partial charge in [0.2, 0.25) is 0 Å². The van der Waals surface area contributed by atoms with Crippen molar-refractivity contribution >= 4 is 0 Å². The quantitative estimate of drug-likeness (QED) is 0.590. The van der Waals surface area contributed by atoms with Crippen LogP contribution < -0.4 is 0 Å². The van der Waals surface area contributed by atoms with Crippen molar-refractivity contribution in [1.29, 1.82) is 0 Å². The van der Waals surface area contributed by atoms with E-state index in [0.717, 1.165) is 0 Å². The zero-order chi connectivity index (χ0) is 9.03. The van der Waals surface area contributed by atoms with Gasteiger partial charge in [-0.05, 0) is 24.7 Å². The molecule has 0 aliphatic heterocycles. The van der Waals surface area contributed by atoms with Gasteiger partial charge in [-0.15, -0.1) is 0 Å². The third kappa shape index (κ3) is 1.48. The predicted octanol–water partition coefficient (Wildman–Crippen LogP) is 3.95. The first-order chi connectivity index (χ1) is 5.79. The molecule has 1 aliphatic rings. The molecule has 68 valence electrons. The van der Waals surface area contributed by atoms with Crippen molar-refractivity contribution in [3.05, 3.63) is 24.3 Å². The van der Waals surface area contributed by atoms with E-state index in [1.165, 1.54) is 19.3 Å². The zero-order valence-electron chi connectivity index (χ0n) is 8.51. The molecule has 0 fully saturated rings. The molecule has 0 N–H and O–H groups in total. The molecule has 0 aromatic carbocycles. The van der Waals surface area contributed by atoms with Gasteiger partial charge in [0.15, 0.2) is 0 Å². The Morgan fingerprint density at radius 1 is 0.917 bits per heavy atom. The lowest BCUT2D eigenvalue weighted by atomic mass is 9.70. The van der Waals surface area contributed by atoms with Crippen LogP contribution in [0.15, 0.2) is 24.3 Å². The summed E-state index contributed by atoms with van der Waals surface area (Å²) in [7, 11) is 0. The van der Waals surface area contributed by atoms with Crippen LogP contribution in [0.25, 0.3) is 0 Å². The standard InChI is InChI=1S/C12H20/c1-4-12(5-2,6-3)11-9-7-8-10-11/h7-11H,4-6H2,1-3H3. The fourth-order valence-corrected chi connectivity index (χ4v) is 2.30. The van der Waals surface area contributed by atoms with Gasteiger partial charge in [0.25, 0.3) is 0 Å². The molecule has 0 aromatic rings. The SMILES string of the molecule is CCC(CC)(CC)C1C=CC=C1. The summed E-state index contributed by atoms with van der Waals surface area (Å²) in [4.78, 5) is 0. The van der Waals surface area contributed by atoms with Gasteiger partial charge in [-0.3, -0.25) is 0 Å². The minimum atomic E-state index is 0.531. The molecule has 0 spiro atoms. The lowest BCUT2D eigenvalue weighted by Crippen LogP contribution is -2.25. The molecule has 1 rings (SSSR count). The topological polar surface area (TPSA) is 0 Å². The Bertz CT molecular complexity index is 162. The van der Waals surface area contributed by atoms with Crippen LogP contribution in [0.4, 0.5) is 0 Å². The summed E-state index contributed by atoms with van der Waals surface area (Å²) in [5.41, 5.74) is 0.531. The lowest BCUT2D eigenvalue weighted by molar-refractivity contribution is 0.204. The number of rotatable bonds is 4. The maximum absolute atomic E-state index is 2.34. The van der Waals surface area contributed by atoms with Crippen LogP contribution in [0.2, 0.25) is 0 Å². The predicted molar refractivity (Wildman–Crippen MR) is 55.1 cm³/mol. The Kier molecular flexibility index (Phi) is 3.13. The Labute approximate surface area is 76.4 Å². The molecule has 0 bridgehead atoms. The summed E-state index contributed by atoms with van der Waals surface area (Å²) in [6, 6.07) is 0. The van der Waals surface area contributed by atoms with Crippen molar-refractivity contribution in [2.24, 2.45) is 11.3 Å². The molecule has 12 heavy (non-hydrogen) atoms. The van der Waals surface area contributed by atoms with Crippen LogP contribution in [-0.2, 0) is 0 Å². The minimum absolute atomic E-state index is 0.531. The van der Waals surface area contributed by atoms with Gasteiger partial charge in [-0.1, -0.05) is 45.1 Å². The second kappa shape index (κ2) is 3.93. The van der Waals surface area contributed by atoms with E-state index < -0.39 is 0 Å². The largest absolute Gasteiger partial charge is 0.0771 e. The summed E-state index contributed by atoms with van der Waals surface area (Å²) in [6.45, 7) is 6.94. The molecule has 0 saturated heterocycles. The average molecular weight is 164 g/mol. The first kappa shape index (κ1) is 9.57. The number of hydrogen-bond acceptors (Lipinski definition) is 0. The van der Waals surface area contributed by atoms with Gasteiger partial charge in [0.05, 0.1) is 0 Å². The van der Waals surface area contributed by atoms with Gasteiger partial charge < -0.3 is 0 Å². The monoisotopic (exact) mass is 164 g/mol. The van der Waals surface area contributed by atoms with E-state index in [0.29, 0.717) is 11.3 Å². The van der Waals surface area contributed by atoms with Gasteiger partial charge in [-0.25, -0.2) is 0 Å². The molecule has 0 saturated carbocycles. The molecule has 1 aliphatic carbocycles. The molecule has 0 amide bonds. The van der Waals surface area contributed by atoms with Gasteiger partial charge in [0, 0.05) is 5.92 Å². The maximum atomic E-state index is 2.34. The van der Waals surface area contributed by atoms with E-state index >= 15 is 0 Å². The van der Waals surface area contributed by atoms with Crippen LogP contribution in [0.5, 0.6) is 0 Å². The van der Waals surface area contributed by atoms with E-state index in [4.69, 9.17) is 0 Å². The van der Waals surface area contributed by atoms with Gasteiger partial charge in [-0.2, -0.15) is 0 Å². The number of allylic oxidation sites excluding steroid dienone is 4. The van der Waals surface area contributed by atoms with Crippen molar-refractivity contribution in [3.8, 4) is 0 Å². The summed E-state index contributed by atoms with van der Waals surface area (Å²) >= 11 is 0. The molecule has 0 nitrogen and oxygen atoms in total. The molecule has 0 radical (unpaired) electrons. The Morgan fingerprint density at radius 2 is 1.33 bits per heavy atom. The lowest BCUT2D eigenvalue weighted by Gasteiger charge is -2.35. The smallest absolute Gasteiger partial charge is 0.000896 e. The average Bonchev–Trinajstić information content (AvgIpc) is 2.62. The summed E-state index contributed by atoms with van der Waals surface area (Å²) in [6.07, 6.45) is 12.9. The van der Waals surface area contributed by atoms with Crippen molar-refractivity contribution < 1.29 is 0 Å². The van der Waals surface area contributed by atoms with Crippen LogP contribution in [0.1, 0.15) is 40.0 Å². The third-order valence-electron chi connectivity index (χ3n) is 3.57. The van der Waals surface area contributed by atoms with Crippen LogP contribution in [0, 0.1) is 11.3 Å². The highest BCUT2D eigenvalue weighted by atomic mass is 14.4. The van der Waals surface area contributed by atoms with Crippen LogP contribution in [0.3, 0.4) is 0 Å². The summed E-state index contributed by atoms with van der Waals surface area (Å²) in [5.74, 6) is 0.692. The van der Waals surface area contributed by atoms with Gasteiger partial charge >= 0.3 is 0 Å². The second-order valence-electron chi connectivity index (χ2n) is 3.72. The van der Waals surface area contributed by atoms with Crippen molar-refractivity contribution in [2.45, 2.75) is 40.0 Å². The van der Waals surface area contributed by atoms with Crippen molar-refractivity contribution in [3.63, 3.8) is 0 Å².